The van der Waals surface area contributed by atoms with Gasteiger partial charge in [0.05, 0.1) is 11.9 Å². The zero-order chi connectivity index (χ0) is 13.8. The van der Waals surface area contributed by atoms with Crippen LogP contribution in [0.1, 0.15) is 43.6 Å². The molecule has 2 rings (SSSR count). The van der Waals surface area contributed by atoms with Gasteiger partial charge in [-0.05, 0) is 38.8 Å². The molecule has 1 aromatic heterocycles. The normalized spacial score (nSPS) is 23.9. The van der Waals surface area contributed by atoms with Crippen LogP contribution < -0.4 is 16.7 Å². The van der Waals surface area contributed by atoms with Gasteiger partial charge in [-0.2, -0.15) is 0 Å². The standard InChI is InChI=1S/C13H21N5O/c1-9-4-3-5-10(2)18(9)17-13(19)12-7-6-11(16-14)8-15-12/h6-10,16H,3-5,14H2,1-2H3,(H,17,19). The second kappa shape index (κ2) is 5.99. The zero-order valence-corrected chi connectivity index (χ0v) is 11.4. The number of nitrogens with zero attached hydrogens (tertiary/aromatic N) is 2. The Labute approximate surface area is 113 Å². The summed E-state index contributed by atoms with van der Waals surface area (Å²) in [6, 6.07) is 4.10. The van der Waals surface area contributed by atoms with Gasteiger partial charge >= 0.3 is 0 Å². The molecule has 0 radical (unpaired) electrons. The van der Waals surface area contributed by atoms with E-state index in [2.05, 4.69) is 29.7 Å². The maximum Gasteiger partial charge on any atom is 0.284 e. The van der Waals surface area contributed by atoms with Crippen LogP contribution in [-0.2, 0) is 0 Å². The van der Waals surface area contributed by atoms with E-state index in [1.54, 1.807) is 12.1 Å². The number of hydrogen-bond acceptors (Lipinski definition) is 5. The molecule has 2 unspecified atom stereocenters. The van der Waals surface area contributed by atoms with Gasteiger partial charge in [-0.25, -0.2) is 9.99 Å². The Balaban J connectivity index is 2.02. The number of anilines is 1. The van der Waals surface area contributed by atoms with Gasteiger partial charge in [0, 0.05) is 12.1 Å². The minimum atomic E-state index is -0.177. The largest absolute Gasteiger partial charge is 0.323 e. The van der Waals surface area contributed by atoms with Gasteiger partial charge < -0.3 is 5.43 Å². The number of hydrazine groups is 2. The van der Waals surface area contributed by atoms with E-state index < -0.39 is 0 Å². The van der Waals surface area contributed by atoms with Crippen molar-refractivity contribution in [1.82, 2.24) is 15.4 Å². The second-order valence-electron chi connectivity index (χ2n) is 5.05. The molecule has 0 saturated carbocycles. The molecule has 1 aliphatic heterocycles. The number of nitrogens with two attached hydrogens (primary N) is 1. The molecule has 104 valence electrons. The van der Waals surface area contributed by atoms with Crippen molar-refractivity contribution < 1.29 is 4.79 Å². The molecule has 0 aromatic carbocycles. The highest BCUT2D eigenvalue weighted by atomic mass is 16.2. The molecule has 2 atom stereocenters. The third kappa shape index (κ3) is 3.21. The molecule has 1 aromatic rings. The number of amides is 1. The van der Waals surface area contributed by atoms with Crippen LogP contribution in [0.5, 0.6) is 0 Å². The summed E-state index contributed by atoms with van der Waals surface area (Å²) in [7, 11) is 0. The highest BCUT2D eigenvalue weighted by Crippen LogP contribution is 2.20. The van der Waals surface area contributed by atoms with Gasteiger partial charge in [0.25, 0.3) is 5.91 Å². The van der Waals surface area contributed by atoms with Crippen LogP contribution in [0.3, 0.4) is 0 Å². The number of hydrogen-bond donors (Lipinski definition) is 3. The Hall–Kier alpha value is -1.66. The first-order chi connectivity index (χ1) is 9.11. The molecule has 6 heteroatoms. The lowest BCUT2D eigenvalue weighted by Gasteiger charge is -2.38. The lowest BCUT2D eigenvalue weighted by Crippen LogP contribution is -2.54. The molecule has 0 spiro atoms. The fraction of sp³-hybridized carbons (Fsp3) is 0.538. The SMILES string of the molecule is CC1CCCC(C)N1NC(=O)c1ccc(NN)cn1. The second-order valence-corrected chi connectivity index (χ2v) is 5.05. The molecule has 0 bridgehead atoms. The first-order valence-corrected chi connectivity index (χ1v) is 6.64. The van der Waals surface area contributed by atoms with Crippen LogP contribution in [-0.4, -0.2) is 28.0 Å². The van der Waals surface area contributed by atoms with E-state index in [1.807, 2.05) is 5.01 Å². The number of carbonyl (C=O) groups excluding carboxylic acids is 1. The molecule has 1 saturated heterocycles. The molecular formula is C13H21N5O. The van der Waals surface area contributed by atoms with Gasteiger partial charge in [-0.3, -0.25) is 16.1 Å². The summed E-state index contributed by atoms with van der Waals surface area (Å²) < 4.78 is 0. The van der Waals surface area contributed by atoms with Crippen molar-refractivity contribution in [2.24, 2.45) is 5.84 Å². The molecule has 1 fully saturated rings. The molecule has 2 heterocycles. The summed E-state index contributed by atoms with van der Waals surface area (Å²) in [5, 5.41) is 2.03. The number of piperidine rings is 1. The van der Waals surface area contributed by atoms with E-state index >= 15 is 0 Å². The van der Waals surface area contributed by atoms with Gasteiger partial charge in [0.2, 0.25) is 0 Å². The number of nitrogen functional groups attached to an aromatic ring is 1. The Morgan fingerprint density at radius 1 is 1.37 bits per heavy atom. The fourth-order valence-corrected chi connectivity index (χ4v) is 2.43. The van der Waals surface area contributed by atoms with Crippen LogP contribution >= 0.6 is 0 Å². The van der Waals surface area contributed by atoms with E-state index in [-0.39, 0.29) is 5.91 Å². The Morgan fingerprint density at radius 2 is 2.05 bits per heavy atom. The van der Waals surface area contributed by atoms with E-state index in [1.165, 1.54) is 12.6 Å². The van der Waals surface area contributed by atoms with Crippen LogP contribution in [0.15, 0.2) is 18.3 Å². The molecule has 1 amide bonds. The fourth-order valence-electron chi connectivity index (χ4n) is 2.43. The third-order valence-electron chi connectivity index (χ3n) is 3.59. The molecule has 0 aliphatic carbocycles. The topological polar surface area (TPSA) is 83.3 Å². The van der Waals surface area contributed by atoms with Gasteiger partial charge in [0.15, 0.2) is 0 Å². The van der Waals surface area contributed by atoms with E-state index in [0.717, 1.165) is 12.8 Å². The third-order valence-corrected chi connectivity index (χ3v) is 3.59. The summed E-state index contributed by atoms with van der Waals surface area (Å²) in [6.45, 7) is 4.26. The highest BCUT2D eigenvalue weighted by Gasteiger charge is 2.26. The number of nitrogens with one attached hydrogen (secondary N) is 2. The summed E-state index contributed by atoms with van der Waals surface area (Å²) >= 11 is 0. The smallest absolute Gasteiger partial charge is 0.284 e. The van der Waals surface area contributed by atoms with Crippen LogP contribution in [0, 0.1) is 0 Å². The number of carbonyl (C=O) groups is 1. The first kappa shape index (κ1) is 13.8. The van der Waals surface area contributed by atoms with Crippen molar-refractivity contribution in [3.8, 4) is 0 Å². The molecule has 19 heavy (non-hydrogen) atoms. The van der Waals surface area contributed by atoms with E-state index in [4.69, 9.17) is 5.84 Å². The summed E-state index contributed by atoms with van der Waals surface area (Å²) in [5.41, 5.74) is 6.51. The zero-order valence-electron chi connectivity index (χ0n) is 11.4. The number of aromatic nitrogens is 1. The van der Waals surface area contributed by atoms with E-state index in [9.17, 15) is 4.79 Å². The quantitative estimate of drug-likeness (QED) is 0.565. The Kier molecular flexibility index (Phi) is 4.34. The summed E-state index contributed by atoms with van der Waals surface area (Å²) in [5.74, 6) is 5.09. The Morgan fingerprint density at radius 3 is 2.58 bits per heavy atom. The van der Waals surface area contributed by atoms with Crippen molar-refractivity contribution in [2.75, 3.05) is 5.43 Å². The van der Waals surface area contributed by atoms with E-state index in [0.29, 0.717) is 23.5 Å². The minimum Gasteiger partial charge on any atom is -0.323 e. The number of pyridine rings is 1. The maximum absolute atomic E-state index is 12.1. The molecule has 1 aliphatic rings. The van der Waals surface area contributed by atoms with Crippen molar-refractivity contribution >= 4 is 11.6 Å². The lowest BCUT2D eigenvalue weighted by molar-refractivity contribution is 0.0366. The van der Waals surface area contributed by atoms with Gasteiger partial charge in [-0.1, -0.05) is 6.42 Å². The van der Waals surface area contributed by atoms with Crippen molar-refractivity contribution in [3.05, 3.63) is 24.0 Å². The monoisotopic (exact) mass is 263 g/mol. The minimum absolute atomic E-state index is 0.177. The average molecular weight is 263 g/mol. The molecular weight excluding hydrogens is 242 g/mol. The summed E-state index contributed by atoms with van der Waals surface area (Å²) in [6.07, 6.45) is 4.96. The van der Waals surface area contributed by atoms with Crippen LogP contribution in [0.4, 0.5) is 5.69 Å². The average Bonchev–Trinajstić information content (AvgIpc) is 2.43. The lowest BCUT2D eigenvalue weighted by atomic mass is 10.00. The Bertz CT molecular complexity index is 423. The predicted molar refractivity (Wildman–Crippen MR) is 74.1 cm³/mol. The molecule has 4 N–H and O–H groups in total. The molecule has 6 nitrogen and oxygen atoms in total. The van der Waals surface area contributed by atoms with Gasteiger partial charge in [0.1, 0.15) is 5.69 Å². The maximum atomic E-state index is 12.1. The highest BCUT2D eigenvalue weighted by molar-refractivity contribution is 5.92. The van der Waals surface area contributed by atoms with Crippen LogP contribution in [0.2, 0.25) is 0 Å². The predicted octanol–water partition coefficient (Wildman–Crippen LogP) is 1.27. The van der Waals surface area contributed by atoms with Gasteiger partial charge in [-0.15, -0.1) is 0 Å². The number of rotatable bonds is 3. The van der Waals surface area contributed by atoms with Crippen molar-refractivity contribution in [3.63, 3.8) is 0 Å². The summed E-state index contributed by atoms with van der Waals surface area (Å²) in [4.78, 5) is 16.2. The van der Waals surface area contributed by atoms with Crippen LogP contribution in [0.25, 0.3) is 0 Å². The first-order valence-electron chi connectivity index (χ1n) is 6.64. The van der Waals surface area contributed by atoms with Crippen molar-refractivity contribution in [1.29, 1.82) is 0 Å². The van der Waals surface area contributed by atoms with Crippen molar-refractivity contribution in [2.45, 2.75) is 45.2 Å².